The molecule has 0 spiro atoms. The Kier molecular flexibility index (Phi) is 4.35. The molecule has 35 heavy (non-hydrogen) atoms. The molecule has 0 saturated heterocycles. The number of aryl methyl sites for hydroxylation is 1. The quantitative estimate of drug-likeness (QED) is 0.555. The van der Waals surface area contributed by atoms with Gasteiger partial charge in [-0.05, 0) is 41.8 Å². The van der Waals surface area contributed by atoms with Gasteiger partial charge in [-0.3, -0.25) is 4.79 Å². The Morgan fingerprint density at radius 1 is 1.11 bits per heavy atom. The predicted octanol–water partition coefficient (Wildman–Crippen LogP) is 4.76. The third kappa shape index (κ3) is 2.97. The number of anilines is 1. The lowest BCUT2D eigenvalue weighted by Crippen LogP contribution is -2.49. The number of aliphatic carboxylic acids is 1. The number of allylic oxidation sites excluding steroid dienone is 1. The van der Waals surface area contributed by atoms with E-state index >= 15 is 0 Å². The number of para-hydroxylation sites is 1. The maximum absolute atomic E-state index is 11.3. The van der Waals surface area contributed by atoms with Crippen molar-refractivity contribution in [1.29, 1.82) is 0 Å². The monoisotopic (exact) mass is 465 g/mol. The second-order valence-electron chi connectivity index (χ2n) is 10.7. The molecular weight excluding hydrogens is 436 g/mol. The Labute approximate surface area is 205 Å². The summed E-state index contributed by atoms with van der Waals surface area (Å²) in [7, 11) is 0. The zero-order valence-corrected chi connectivity index (χ0v) is 20.1. The van der Waals surface area contributed by atoms with Crippen LogP contribution in [0.25, 0.3) is 16.5 Å². The number of ether oxygens (including phenoxy) is 1. The van der Waals surface area contributed by atoms with E-state index in [1.165, 1.54) is 44.7 Å². The van der Waals surface area contributed by atoms with E-state index < -0.39 is 5.97 Å². The summed E-state index contributed by atoms with van der Waals surface area (Å²) in [6.07, 6.45) is 4.66. The van der Waals surface area contributed by atoms with Crippen molar-refractivity contribution >= 4 is 28.1 Å². The highest BCUT2D eigenvalue weighted by Crippen LogP contribution is 2.53. The minimum absolute atomic E-state index is 0.0503. The molecule has 2 atom stereocenters. The van der Waals surface area contributed by atoms with Crippen LogP contribution in [0.15, 0.2) is 71.9 Å². The van der Waals surface area contributed by atoms with Crippen LogP contribution in [0, 0.1) is 0 Å². The third-order valence-corrected chi connectivity index (χ3v) is 8.31. The smallest absolute Gasteiger partial charge is 0.307 e. The summed E-state index contributed by atoms with van der Waals surface area (Å²) in [5.74, 6) is -0.794. The number of nitrogens with zero attached hydrogens (tertiary/aromatic N) is 2. The van der Waals surface area contributed by atoms with Crippen LogP contribution in [0.1, 0.15) is 43.5 Å². The van der Waals surface area contributed by atoms with Crippen molar-refractivity contribution < 1.29 is 19.2 Å². The van der Waals surface area contributed by atoms with Crippen molar-refractivity contribution in [2.75, 3.05) is 11.4 Å². The second kappa shape index (κ2) is 7.28. The van der Waals surface area contributed by atoms with E-state index in [0.29, 0.717) is 0 Å². The fraction of sp³-hybridized carbons (Fsp3) is 0.333. The molecule has 0 bridgehead atoms. The summed E-state index contributed by atoms with van der Waals surface area (Å²) < 4.78 is 9.24. The van der Waals surface area contributed by atoms with E-state index in [-0.39, 0.29) is 24.0 Å². The molecule has 5 heteroatoms. The van der Waals surface area contributed by atoms with Crippen LogP contribution >= 0.6 is 0 Å². The topological polar surface area (TPSA) is 53.7 Å². The fourth-order valence-electron chi connectivity index (χ4n) is 6.79. The number of benzene rings is 2. The molecule has 1 N–H and O–H groups in total. The van der Waals surface area contributed by atoms with Crippen molar-refractivity contribution in [3.63, 3.8) is 0 Å². The zero-order chi connectivity index (χ0) is 23.9. The van der Waals surface area contributed by atoms with Crippen LogP contribution < -0.4 is 9.47 Å². The van der Waals surface area contributed by atoms with Crippen LogP contribution in [0.3, 0.4) is 0 Å². The van der Waals surface area contributed by atoms with Crippen molar-refractivity contribution in [1.82, 2.24) is 0 Å². The fourth-order valence-corrected chi connectivity index (χ4v) is 6.79. The molecule has 5 nitrogen and oxygen atoms in total. The lowest BCUT2D eigenvalue weighted by molar-refractivity contribution is -0.678. The molecule has 7 rings (SSSR count). The van der Waals surface area contributed by atoms with Gasteiger partial charge in [0.15, 0.2) is 6.54 Å². The number of pyridine rings is 1. The Morgan fingerprint density at radius 2 is 1.97 bits per heavy atom. The Bertz CT molecular complexity index is 1480. The third-order valence-electron chi connectivity index (χ3n) is 8.31. The molecule has 4 aliphatic rings. The molecule has 3 aromatic rings. The van der Waals surface area contributed by atoms with Crippen LogP contribution in [-0.4, -0.2) is 29.8 Å². The van der Waals surface area contributed by atoms with Gasteiger partial charge in [0, 0.05) is 52.9 Å². The summed E-state index contributed by atoms with van der Waals surface area (Å²) in [5, 5.41) is 10.6. The summed E-state index contributed by atoms with van der Waals surface area (Å²) in [6, 6.07) is 19.3. The van der Waals surface area contributed by atoms with Crippen LogP contribution in [0.5, 0.6) is 0 Å². The Hall–Kier alpha value is -3.44. The molecule has 0 amide bonds. The highest BCUT2D eigenvalue weighted by molar-refractivity contribution is 5.81. The number of aromatic nitrogens is 1. The predicted molar refractivity (Wildman–Crippen MR) is 135 cm³/mol. The molecule has 0 radical (unpaired) electrons. The molecule has 2 aromatic carbocycles. The average molecular weight is 466 g/mol. The number of carbonyl (C=O) groups is 1. The van der Waals surface area contributed by atoms with Crippen LogP contribution in [0.4, 0.5) is 5.69 Å². The number of hydrogen-bond donors (Lipinski definition) is 1. The molecule has 0 aliphatic carbocycles. The SMILES string of the molecule is CC1(C)C2=C3C=C4c5ccc6ccccc6[n+]5CCC4OC3CCN2c2ccc(CC(=O)O)cc21. The Morgan fingerprint density at radius 3 is 2.83 bits per heavy atom. The van der Waals surface area contributed by atoms with Gasteiger partial charge in [0.2, 0.25) is 11.2 Å². The van der Waals surface area contributed by atoms with Crippen molar-refractivity contribution in [3.05, 3.63) is 88.8 Å². The highest BCUT2D eigenvalue weighted by Gasteiger charge is 2.48. The minimum atomic E-state index is -0.794. The summed E-state index contributed by atoms with van der Waals surface area (Å²) in [6.45, 7) is 6.42. The van der Waals surface area contributed by atoms with Gasteiger partial charge >= 0.3 is 5.97 Å². The second-order valence-corrected chi connectivity index (χ2v) is 10.7. The maximum atomic E-state index is 11.3. The number of carboxylic acid groups (broad SMARTS) is 1. The molecule has 1 aromatic heterocycles. The van der Waals surface area contributed by atoms with E-state index in [9.17, 15) is 9.90 Å². The van der Waals surface area contributed by atoms with Crippen molar-refractivity contribution in [2.24, 2.45) is 0 Å². The standard InChI is InChI=1S/C30H28N2O3/c1-30(2)22-15-18(16-28(33)34)7-9-25(22)32-14-12-27-21(29(30)32)17-20-24-10-8-19-5-3-4-6-23(19)31(24)13-11-26(20)35-27/h3-10,15,17,26-27H,11-14,16H2,1-2H3/p+1. The first-order valence-corrected chi connectivity index (χ1v) is 12.6. The first-order valence-electron chi connectivity index (χ1n) is 12.6. The van der Waals surface area contributed by atoms with E-state index in [1.54, 1.807) is 0 Å². The largest absolute Gasteiger partial charge is 0.481 e. The van der Waals surface area contributed by atoms with Crippen molar-refractivity contribution in [2.45, 2.75) is 57.3 Å². The molecular formula is C30H29N2O3+. The number of rotatable bonds is 2. The van der Waals surface area contributed by atoms with Gasteiger partial charge in [0.1, 0.15) is 0 Å². The van der Waals surface area contributed by atoms with Gasteiger partial charge in [-0.25, -0.2) is 0 Å². The van der Waals surface area contributed by atoms with Gasteiger partial charge in [-0.1, -0.05) is 38.1 Å². The average Bonchev–Trinajstić information content (AvgIpc) is 3.08. The molecule has 0 fully saturated rings. The highest BCUT2D eigenvalue weighted by atomic mass is 16.5. The normalized spacial score (nSPS) is 23.7. The minimum Gasteiger partial charge on any atom is -0.481 e. The zero-order valence-electron chi connectivity index (χ0n) is 20.1. The van der Waals surface area contributed by atoms with Crippen LogP contribution in [-0.2, 0) is 27.9 Å². The van der Waals surface area contributed by atoms with E-state index in [2.05, 4.69) is 77.9 Å². The summed E-state index contributed by atoms with van der Waals surface area (Å²) >= 11 is 0. The molecule has 4 aliphatic heterocycles. The summed E-state index contributed by atoms with van der Waals surface area (Å²) in [5.41, 5.74) is 9.44. The molecule has 2 unspecified atom stereocenters. The van der Waals surface area contributed by atoms with Gasteiger partial charge in [0.05, 0.1) is 24.2 Å². The van der Waals surface area contributed by atoms with E-state index in [0.717, 1.165) is 31.5 Å². The van der Waals surface area contributed by atoms with Gasteiger partial charge in [-0.15, -0.1) is 0 Å². The molecule has 5 heterocycles. The Balaban J connectivity index is 1.40. The van der Waals surface area contributed by atoms with Crippen LogP contribution in [0.2, 0.25) is 0 Å². The number of fused-ring (bicyclic) bond motifs is 9. The van der Waals surface area contributed by atoms with Gasteiger partial charge in [0.25, 0.3) is 0 Å². The van der Waals surface area contributed by atoms with Gasteiger partial charge < -0.3 is 14.7 Å². The summed E-state index contributed by atoms with van der Waals surface area (Å²) in [4.78, 5) is 13.8. The van der Waals surface area contributed by atoms with Gasteiger partial charge in [-0.2, -0.15) is 4.57 Å². The molecule has 0 saturated carbocycles. The number of carboxylic acids is 1. The van der Waals surface area contributed by atoms with E-state index in [4.69, 9.17) is 4.74 Å². The van der Waals surface area contributed by atoms with E-state index in [1.807, 2.05) is 6.07 Å². The lowest BCUT2D eigenvalue weighted by Gasteiger charge is -2.42. The first-order chi connectivity index (χ1) is 16.9. The molecule has 176 valence electrons. The van der Waals surface area contributed by atoms with Crippen molar-refractivity contribution in [3.8, 4) is 0 Å². The first kappa shape index (κ1) is 20.9. The lowest BCUT2D eigenvalue weighted by atomic mass is 9.78. The maximum Gasteiger partial charge on any atom is 0.307 e. The number of hydrogen-bond acceptors (Lipinski definition) is 3.